The van der Waals surface area contributed by atoms with Crippen LogP contribution in [-0.4, -0.2) is 0 Å². The number of hydrogen-bond acceptors (Lipinski definition) is 8. The molecular formula is C18H21N7O. The summed E-state index contributed by atoms with van der Waals surface area (Å²) in [7, 11) is 0. The Bertz CT molecular complexity index is 908. The fourth-order valence-electron chi connectivity index (χ4n) is 2.64. The molecule has 0 bridgehead atoms. The summed E-state index contributed by atoms with van der Waals surface area (Å²) in [6.07, 6.45) is 0. The maximum absolute atomic E-state index is 6.13. The van der Waals surface area contributed by atoms with Crippen LogP contribution >= 0.6 is 0 Å². The minimum Gasteiger partial charge on any atom is -0.399 e. The predicted molar refractivity (Wildman–Crippen MR) is 109 cm³/mol. The highest BCUT2D eigenvalue weighted by Gasteiger charge is 2.13. The van der Waals surface area contributed by atoms with Crippen molar-refractivity contribution in [3.8, 4) is 16.9 Å². The van der Waals surface area contributed by atoms with E-state index in [-0.39, 0.29) is 0 Å². The van der Waals surface area contributed by atoms with Gasteiger partial charge in [-0.05, 0) is 54.1 Å². The molecule has 0 aliphatic carbocycles. The van der Waals surface area contributed by atoms with Gasteiger partial charge in [-0.1, -0.05) is 0 Å². The van der Waals surface area contributed by atoms with Crippen LogP contribution in [0.4, 0.5) is 39.8 Å². The van der Waals surface area contributed by atoms with Crippen LogP contribution in [0.1, 0.15) is 0 Å². The van der Waals surface area contributed by atoms with Gasteiger partial charge < -0.3 is 39.2 Å². The molecular weight excluding hydrogens is 330 g/mol. The maximum Gasteiger partial charge on any atom is 0.155 e. The summed E-state index contributed by atoms with van der Waals surface area (Å²) in [5, 5.41) is 0. The molecule has 0 aliphatic rings. The molecule has 3 aromatic carbocycles. The van der Waals surface area contributed by atoms with Gasteiger partial charge in [-0.3, -0.25) is 0 Å². The largest absolute Gasteiger partial charge is 0.399 e. The number of hydrogen-bond donors (Lipinski definition) is 7. The second-order valence-corrected chi connectivity index (χ2v) is 5.88. The van der Waals surface area contributed by atoms with Gasteiger partial charge in [0.2, 0.25) is 0 Å². The summed E-state index contributed by atoms with van der Waals surface area (Å²) >= 11 is 0. The summed E-state index contributed by atoms with van der Waals surface area (Å²) < 4.78 is 0. The minimum atomic E-state index is 0.381. The van der Waals surface area contributed by atoms with Crippen LogP contribution < -0.4 is 44.7 Å². The molecule has 3 aromatic rings. The molecule has 13 N–H and O–H groups in total. The zero-order valence-electron chi connectivity index (χ0n) is 14.0. The third-order valence-corrected chi connectivity index (χ3v) is 3.86. The first kappa shape index (κ1) is 16.9. The van der Waals surface area contributed by atoms with Gasteiger partial charge in [-0.25, -0.2) is 5.48 Å². The van der Waals surface area contributed by atoms with E-state index >= 15 is 0 Å². The highest BCUT2D eigenvalue weighted by atomic mass is 16.6. The lowest BCUT2D eigenvalue weighted by molar-refractivity contribution is 0.406. The summed E-state index contributed by atoms with van der Waals surface area (Å²) in [4.78, 5) is 5.49. The van der Waals surface area contributed by atoms with Gasteiger partial charge in [0.25, 0.3) is 0 Å². The molecule has 0 saturated carbocycles. The summed E-state index contributed by atoms with van der Waals surface area (Å²) in [6, 6.07) is 13.6. The van der Waals surface area contributed by atoms with E-state index in [4.69, 9.17) is 39.2 Å². The molecule has 0 aromatic heterocycles. The lowest BCUT2D eigenvalue weighted by atomic mass is 9.99. The fraction of sp³-hybridized carbons (Fsp3) is 0. The van der Waals surface area contributed by atoms with Crippen LogP contribution in [0, 0.1) is 0 Å². The van der Waals surface area contributed by atoms with E-state index < -0.39 is 0 Å². The van der Waals surface area contributed by atoms with E-state index in [1.54, 1.807) is 48.5 Å². The first-order valence-electron chi connectivity index (χ1n) is 7.77. The first-order valence-corrected chi connectivity index (χ1v) is 7.77. The van der Waals surface area contributed by atoms with E-state index in [0.717, 1.165) is 0 Å². The van der Waals surface area contributed by atoms with E-state index in [2.05, 4.69) is 5.48 Å². The molecule has 0 fully saturated rings. The van der Waals surface area contributed by atoms with Crippen LogP contribution in [0.15, 0.2) is 48.5 Å². The molecule has 0 amide bonds. The van der Waals surface area contributed by atoms with E-state index in [0.29, 0.717) is 56.7 Å². The Kier molecular flexibility index (Phi) is 4.24. The van der Waals surface area contributed by atoms with E-state index in [1.165, 1.54) is 0 Å². The molecule has 8 nitrogen and oxygen atoms in total. The Labute approximate surface area is 150 Å². The topological polar surface area (TPSA) is 177 Å². The van der Waals surface area contributed by atoms with Gasteiger partial charge in [0.1, 0.15) is 5.69 Å². The van der Waals surface area contributed by atoms with Gasteiger partial charge >= 0.3 is 0 Å². The second-order valence-electron chi connectivity index (χ2n) is 5.88. The van der Waals surface area contributed by atoms with Gasteiger partial charge in [-0.15, -0.1) is 0 Å². The molecule has 0 unspecified atom stereocenters. The Balaban J connectivity index is 1.90. The monoisotopic (exact) mass is 351 g/mol. The van der Waals surface area contributed by atoms with Crippen molar-refractivity contribution in [2.45, 2.75) is 0 Å². The average molecular weight is 351 g/mol. The lowest BCUT2D eigenvalue weighted by Crippen LogP contribution is -2.10. The highest BCUT2D eigenvalue weighted by Crippen LogP contribution is 2.39. The van der Waals surface area contributed by atoms with E-state index in [1.807, 2.05) is 0 Å². The van der Waals surface area contributed by atoms with Crippen LogP contribution in [-0.2, 0) is 0 Å². The van der Waals surface area contributed by atoms with Gasteiger partial charge in [0.15, 0.2) is 5.75 Å². The van der Waals surface area contributed by atoms with Crippen LogP contribution in [0.2, 0.25) is 0 Å². The zero-order valence-corrected chi connectivity index (χ0v) is 14.0. The maximum atomic E-state index is 6.13. The highest BCUT2D eigenvalue weighted by molar-refractivity contribution is 5.94. The van der Waals surface area contributed by atoms with Gasteiger partial charge in [0, 0.05) is 28.3 Å². The van der Waals surface area contributed by atoms with Gasteiger partial charge in [0.05, 0.1) is 11.4 Å². The fourth-order valence-corrected chi connectivity index (χ4v) is 2.64. The number of anilines is 7. The number of nitrogen functional groups attached to an aromatic ring is 6. The number of nitrogens with two attached hydrogens (primary N) is 6. The number of benzene rings is 3. The van der Waals surface area contributed by atoms with Crippen molar-refractivity contribution in [3.63, 3.8) is 0 Å². The molecule has 0 radical (unpaired) electrons. The molecule has 0 atom stereocenters. The van der Waals surface area contributed by atoms with Crippen molar-refractivity contribution in [1.82, 2.24) is 0 Å². The lowest BCUT2D eigenvalue weighted by Gasteiger charge is -2.16. The van der Waals surface area contributed by atoms with Crippen LogP contribution in [0.3, 0.4) is 0 Å². The minimum absolute atomic E-state index is 0.381. The number of nitrogens with one attached hydrogen (secondary N) is 1. The Morgan fingerprint density at radius 2 is 1.15 bits per heavy atom. The summed E-state index contributed by atoms with van der Waals surface area (Å²) in [6.45, 7) is 0. The Morgan fingerprint density at radius 1 is 0.615 bits per heavy atom. The zero-order chi connectivity index (χ0) is 18.8. The molecule has 0 heterocycles. The van der Waals surface area contributed by atoms with Gasteiger partial charge in [-0.2, -0.15) is 0 Å². The van der Waals surface area contributed by atoms with Crippen molar-refractivity contribution in [1.29, 1.82) is 0 Å². The predicted octanol–water partition coefficient (Wildman–Crippen LogP) is 2.25. The van der Waals surface area contributed by atoms with Crippen molar-refractivity contribution in [2.24, 2.45) is 0 Å². The molecule has 0 aliphatic heterocycles. The van der Waals surface area contributed by atoms with E-state index in [9.17, 15) is 0 Å². The third kappa shape index (κ3) is 3.29. The Hall–Kier alpha value is -3.94. The van der Waals surface area contributed by atoms with Crippen LogP contribution in [0.5, 0.6) is 5.75 Å². The second kappa shape index (κ2) is 6.52. The molecule has 3 rings (SSSR count). The molecule has 0 saturated heterocycles. The summed E-state index contributed by atoms with van der Waals surface area (Å²) in [5.41, 5.74) is 43.0. The number of rotatable bonds is 4. The average Bonchev–Trinajstić information content (AvgIpc) is 2.55. The molecule has 26 heavy (non-hydrogen) atoms. The quantitative estimate of drug-likeness (QED) is 0.276. The normalized spacial score (nSPS) is 10.5. The Morgan fingerprint density at radius 3 is 1.69 bits per heavy atom. The van der Waals surface area contributed by atoms with Crippen molar-refractivity contribution < 1.29 is 4.84 Å². The first-order chi connectivity index (χ1) is 12.3. The van der Waals surface area contributed by atoms with Crippen LogP contribution in [0.25, 0.3) is 11.1 Å². The van der Waals surface area contributed by atoms with Crippen molar-refractivity contribution in [2.75, 3.05) is 39.9 Å². The summed E-state index contributed by atoms with van der Waals surface area (Å²) in [5.74, 6) is 0.564. The molecule has 0 spiro atoms. The molecule has 8 heteroatoms. The smallest absolute Gasteiger partial charge is 0.155 e. The standard InChI is InChI=1S/C18H21N7O/c19-10-1-3-12(4-2-10)26-25-18-15(23)5-9(6-16(18)24)17-13(21)7-11(20)8-14(17)22/h1-8,25H,19-24H2. The third-order valence-electron chi connectivity index (χ3n) is 3.86. The van der Waals surface area contributed by atoms with Crippen molar-refractivity contribution in [3.05, 3.63) is 48.5 Å². The SMILES string of the molecule is Nc1ccc(ONc2c(N)cc(-c3c(N)cc(N)cc3N)cc2N)cc1. The van der Waals surface area contributed by atoms with Crippen molar-refractivity contribution >= 4 is 39.8 Å². The molecule has 134 valence electrons.